The molecule has 0 atom stereocenters. The molecule has 0 aliphatic carbocycles. The second-order valence-corrected chi connectivity index (χ2v) is 5.25. The van der Waals surface area contributed by atoms with E-state index in [1.807, 2.05) is 0 Å². The zero-order chi connectivity index (χ0) is 11.7. The van der Waals surface area contributed by atoms with Crippen molar-refractivity contribution in [2.75, 3.05) is 0 Å². The minimum atomic E-state index is -5.41. The summed E-state index contributed by atoms with van der Waals surface area (Å²) in [5.41, 5.74) is 0. The lowest BCUT2D eigenvalue weighted by Crippen LogP contribution is -2.27. The summed E-state index contributed by atoms with van der Waals surface area (Å²) in [6, 6.07) is 1.81. The molecule has 0 bridgehead atoms. The largest absolute Gasteiger partial charge is 0.440 e. The normalized spacial score (nSPS) is 12.6. The van der Waals surface area contributed by atoms with Crippen molar-refractivity contribution in [2.24, 2.45) is 0 Å². The van der Waals surface area contributed by atoms with Crippen LogP contribution in [0.1, 0.15) is 10.6 Å². The minimum absolute atomic E-state index is 0.211. The summed E-state index contributed by atoms with van der Waals surface area (Å²) < 4.78 is 59.3. The molecule has 0 aromatic carbocycles. The number of aldehydes is 1. The predicted octanol–water partition coefficient (Wildman–Crippen LogP) is -0.415. The van der Waals surface area contributed by atoms with Gasteiger partial charge in [0.2, 0.25) is 5.09 Å². The van der Waals surface area contributed by atoms with E-state index in [0.29, 0.717) is 0 Å². The molecule has 0 unspecified atom stereocenters. The Morgan fingerprint density at radius 1 is 1.27 bits per heavy atom. The molecule has 0 aliphatic heterocycles. The third-order valence-corrected chi connectivity index (χ3v) is 3.62. The highest BCUT2D eigenvalue weighted by Crippen LogP contribution is 2.13. The van der Waals surface area contributed by atoms with Gasteiger partial charge in [-0.1, -0.05) is 8.01 Å². The molecule has 1 aromatic rings. The highest BCUT2D eigenvalue weighted by Gasteiger charge is 2.25. The second kappa shape index (κ2) is 3.72. The van der Waals surface area contributed by atoms with Gasteiger partial charge in [-0.2, -0.15) is 8.42 Å². The molecule has 0 saturated heterocycles. The van der Waals surface area contributed by atoms with E-state index in [1.54, 1.807) is 0 Å². The van der Waals surface area contributed by atoms with Gasteiger partial charge in [0.15, 0.2) is 12.0 Å². The van der Waals surface area contributed by atoms with Gasteiger partial charge in [-0.15, -0.1) is 0 Å². The molecule has 1 N–H and O–H groups in total. The van der Waals surface area contributed by atoms with Crippen molar-refractivity contribution in [3.8, 4) is 0 Å². The topological polar surface area (TPSA) is 111 Å². The first-order valence-electron chi connectivity index (χ1n) is 3.28. The van der Waals surface area contributed by atoms with Crippen LogP contribution in [0.2, 0.25) is 0 Å². The van der Waals surface area contributed by atoms with Crippen LogP contribution < -0.4 is 4.13 Å². The van der Waals surface area contributed by atoms with Crippen LogP contribution in [-0.2, 0) is 20.4 Å². The van der Waals surface area contributed by atoms with E-state index < -0.39 is 25.5 Å². The van der Waals surface area contributed by atoms with Gasteiger partial charge >= 0.3 is 10.4 Å². The molecule has 1 heterocycles. The van der Waals surface area contributed by atoms with Crippen LogP contribution in [0.25, 0.3) is 0 Å². The number of hydrogen-bond donors (Lipinski definition) is 1. The molecule has 1 aromatic heterocycles. The monoisotopic (exact) mass is 257 g/mol. The molecule has 0 radical (unpaired) electrons. The van der Waals surface area contributed by atoms with Crippen molar-refractivity contribution >= 4 is 26.7 Å². The number of sulfonamides is 1. The summed E-state index contributed by atoms with van der Waals surface area (Å²) in [5, 5.41) is -0.870. The van der Waals surface area contributed by atoms with E-state index in [4.69, 9.17) is 0 Å². The lowest BCUT2D eigenvalue weighted by molar-refractivity contribution is 0.109. The molecular weight excluding hydrogens is 253 g/mol. The van der Waals surface area contributed by atoms with Crippen molar-refractivity contribution in [3.63, 3.8) is 0 Å². The van der Waals surface area contributed by atoms with E-state index in [2.05, 4.69) is 4.42 Å². The zero-order valence-electron chi connectivity index (χ0n) is 6.88. The average Bonchev–Trinajstić information content (AvgIpc) is 2.47. The number of nitrogens with one attached hydrogen (secondary N) is 1. The first kappa shape index (κ1) is 11.8. The molecule has 15 heavy (non-hydrogen) atoms. The fraction of sp³-hybridized carbons (Fsp3) is 0. The fourth-order valence-corrected chi connectivity index (χ4v) is 2.54. The van der Waals surface area contributed by atoms with Crippen molar-refractivity contribution in [1.82, 2.24) is 4.13 Å². The number of hydrogen-bond acceptors (Lipinski definition) is 6. The summed E-state index contributed by atoms with van der Waals surface area (Å²) in [6.07, 6.45) is 0.211. The Hall–Kier alpha value is -1.26. The van der Waals surface area contributed by atoms with Crippen LogP contribution in [0.15, 0.2) is 21.6 Å². The number of carbonyl (C=O) groups is 1. The Morgan fingerprint density at radius 3 is 2.27 bits per heavy atom. The molecule has 0 fully saturated rings. The molecule has 0 aliphatic rings. The lowest BCUT2D eigenvalue weighted by Gasteiger charge is -1.97. The Balaban J connectivity index is 3.12. The standard InChI is InChI=1S/C5H4FNO6S2/c6-15(11,12)7-14(9,10)5-2-1-4(3-8)13-5/h1-3,7H. The van der Waals surface area contributed by atoms with Crippen molar-refractivity contribution < 1.29 is 29.9 Å². The van der Waals surface area contributed by atoms with E-state index in [0.717, 1.165) is 16.3 Å². The van der Waals surface area contributed by atoms with Gasteiger partial charge in [0.25, 0.3) is 10.0 Å². The van der Waals surface area contributed by atoms with Crippen LogP contribution in [0.5, 0.6) is 0 Å². The maximum absolute atomic E-state index is 12.0. The van der Waals surface area contributed by atoms with Crippen LogP contribution in [0.3, 0.4) is 0 Å². The second-order valence-electron chi connectivity index (χ2n) is 2.30. The molecule has 0 saturated carbocycles. The maximum Gasteiger partial charge on any atom is 0.385 e. The zero-order valence-corrected chi connectivity index (χ0v) is 8.51. The Kier molecular flexibility index (Phi) is 2.93. The molecule has 0 spiro atoms. The highest BCUT2D eigenvalue weighted by molar-refractivity contribution is 8.02. The SMILES string of the molecule is O=Cc1ccc(S(=O)(=O)NS(=O)(=O)F)o1. The van der Waals surface area contributed by atoms with E-state index >= 15 is 0 Å². The summed E-state index contributed by atoms with van der Waals surface area (Å²) >= 11 is 0. The maximum atomic E-state index is 12.0. The number of carbonyl (C=O) groups excluding carboxylic acids is 1. The van der Waals surface area contributed by atoms with E-state index in [9.17, 15) is 25.5 Å². The Morgan fingerprint density at radius 2 is 1.87 bits per heavy atom. The van der Waals surface area contributed by atoms with Crippen LogP contribution in [-0.4, -0.2) is 23.1 Å². The predicted molar refractivity (Wildman–Crippen MR) is 44.4 cm³/mol. The van der Waals surface area contributed by atoms with Gasteiger partial charge in [0.1, 0.15) is 0 Å². The minimum Gasteiger partial charge on any atom is -0.440 e. The molecule has 10 heteroatoms. The third kappa shape index (κ3) is 3.11. The molecule has 0 amide bonds. The van der Waals surface area contributed by atoms with Gasteiger partial charge in [0, 0.05) is 0 Å². The van der Waals surface area contributed by atoms with Gasteiger partial charge in [-0.25, -0.2) is 8.42 Å². The van der Waals surface area contributed by atoms with Crippen molar-refractivity contribution in [2.45, 2.75) is 5.09 Å². The summed E-state index contributed by atoms with van der Waals surface area (Å²) in [5.74, 6) is -0.327. The average molecular weight is 257 g/mol. The molecular formula is C5H4FNO6S2. The van der Waals surface area contributed by atoms with E-state index in [-0.39, 0.29) is 12.0 Å². The first-order valence-corrected chi connectivity index (χ1v) is 6.14. The van der Waals surface area contributed by atoms with Crippen LogP contribution in [0, 0.1) is 0 Å². The van der Waals surface area contributed by atoms with Gasteiger partial charge in [-0.3, -0.25) is 4.79 Å². The fourth-order valence-electron chi connectivity index (χ4n) is 0.714. The van der Waals surface area contributed by atoms with Gasteiger partial charge in [-0.05, 0) is 12.1 Å². The number of furan rings is 1. The Labute approximate surface area is 84.3 Å². The molecule has 1 rings (SSSR count). The van der Waals surface area contributed by atoms with E-state index in [1.165, 1.54) is 0 Å². The third-order valence-electron chi connectivity index (χ3n) is 1.19. The molecule has 84 valence electrons. The number of rotatable bonds is 4. The highest BCUT2D eigenvalue weighted by atomic mass is 32.3. The van der Waals surface area contributed by atoms with Crippen molar-refractivity contribution in [1.29, 1.82) is 0 Å². The van der Waals surface area contributed by atoms with Gasteiger partial charge in [0.05, 0.1) is 0 Å². The lowest BCUT2D eigenvalue weighted by atomic mass is 10.5. The summed E-state index contributed by atoms with van der Waals surface area (Å²) in [7, 11) is -10.1. The Bertz CT molecular complexity index is 570. The van der Waals surface area contributed by atoms with Crippen molar-refractivity contribution in [3.05, 3.63) is 17.9 Å². The van der Waals surface area contributed by atoms with Gasteiger partial charge < -0.3 is 4.42 Å². The summed E-state index contributed by atoms with van der Waals surface area (Å²) in [4.78, 5) is 10.1. The summed E-state index contributed by atoms with van der Waals surface area (Å²) in [6.45, 7) is 0. The smallest absolute Gasteiger partial charge is 0.385 e. The first-order chi connectivity index (χ1) is 6.74. The number of halogens is 1. The molecule has 7 nitrogen and oxygen atoms in total. The quantitative estimate of drug-likeness (QED) is 0.579. The van der Waals surface area contributed by atoms with Crippen LogP contribution >= 0.6 is 0 Å². The van der Waals surface area contributed by atoms with Crippen LogP contribution in [0.4, 0.5) is 3.89 Å².